The molecule has 0 saturated heterocycles. The molecule has 1 aliphatic heterocycles. The molecule has 0 bridgehead atoms. The lowest BCUT2D eigenvalue weighted by molar-refractivity contribution is 0.0582. The number of halogens is 1. The predicted molar refractivity (Wildman–Crippen MR) is 111 cm³/mol. The van der Waals surface area contributed by atoms with Crippen LogP contribution in [0.15, 0.2) is 30.3 Å². The Morgan fingerprint density at radius 3 is 2.59 bits per heavy atom. The highest BCUT2D eigenvalue weighted by Crippen LogP contribution is 2.45. The number of benzene rings is 2. The number of alkyl halides is 1. The highest BCUT2D eigenvalue weighted by atomic mass is 35.5. The van der Waals surface area contributed by atoms with Gasteiger partial charge in [0.25, 0.3) is 0 Å². The van der Waals surface area contributed by atoms with Crippen molar-refractivity contribution in [3.05, 3.63) is 35.9 Å². The Labute approximate surface area is 166 Å². The molecule has 1 amide bonds. The zero-order valence-corrected chi connectivity index (χ0v) is 17.3. The highest BCUT2D eigenvalue weighted by molar-refractivity contribution is 6.19. The molecule has 0 spiro atoms. The zero-order chi connectivity index (χ0) is 19.6. The van der Waals surface area contributed by atoms with Crippen molar-refractivity contribution in [1.29, 1.82) is 0 Å². The third-order valence-corrected chi connectivity index (χ3v) is 5.06. The third-order valence-electron chi connectivity index (χ3n) is 4.68. The minimum Gasteiger partial charge on any atom is -0.493 e. The number of hydrogen-bond donors (Lipinski definition) is 0. The van der Waals surface area contributed by atoms with Crippen LogP contribution in [0.3, 0.4) is 0 Å². The molecule has 3 rings (SSSR count). The maximum Gasteiger partial charge on any atom is 0.414 e. The molecule has 0 saturated carbocycles. The van der Waals surface area contributed by atoms with E-state index in [1.165, 1.54) is 0 Å². The van der Waals surface area contributed by atoms with Crippen LogP contribution in [0, 0.1) is 0 Å². The molecular formula is C22H28ClNO3. The van der Waals surface area contributed by atoms with Gasteiger partial charge in [0.2, 0.25) is 0 Å². The molecule has 1 heterocycles. The summed E-state index contributed by atoms with van der Waals surface area (Å²) in [6, 6.07) is 10.2. The van der Waals surface area contributed by atoms with Crippen LogP contribution in [0.2, 0.25) is 0 Å². The Balaban J connectivity index is 2.08. The molecule has 146 valence electrons. The number of rotatable bonds is 5. The average Bonchev–Trinajstić information content (AvgIpc) is 2.99. The van der Waals surface area contributed by atoms with Gasteiger partial charge in [-0.15, -0.1) is 11.6 Å². The smallest absolute Gasteiger partial charge is 0.414 e. The molecule has 2 aromatic carbocycles. The Hall–Kier alpha value is -1.94. The first kappa shape index (κ1) is 19.8. The number of unbranched alkanes of at least 4 members (excludes halogenated alkanes) is 1. The van der Waals surface area contributed by atoms with Crippen molar-refractivity contribution >= 4 is 34.2 Å². The van der Waals surface area contributed by atoms with Gasteiger partial charge in [0.15, 0.2) is 0 Å². The van der Waals surface area contributed by atoms with E-state index in [1.807, 2.05) is 39.0 Å². The second-order valence-electron chi connectivity index (χ2n) is 8.00. The van der Waals surface area contributed by atoms with E-state index in [9.17, 15) is 4.79 Å². The summed E-state index contributed by atoms with van der Waals surface area (Å²) in [5, 5.41) is 2.16. The third kappa shape index (κ3) is 4.16. The van der Waals surface area contributed by atoms with Crippen LogP contribution in [0.1, 0.15) is 52.0 Å². The normalized spacial score (nSPS) is 16.5. The van der Waals surface area contributed by atoms with Gasteiger partial charge in [-0.05, 0) is 38.1 Å². The lowest BCUT2D eigenvalue weighted by Gasteiger charge is -2.25. The van der Waals surface area contributed by atoms with Gasteiger partial charge in [0.1, 0.15) is 11.4 Å². The summed E-state index contributed by atoms with van der Waals surface area (Å²) < 4.78 is 11.7. The minimum atomic E-state index is -0.548. The number of amides is 1. The molecule has 5 heteroatoms. The van der Waals surface area contributed by atoms with Crippen LogP contribution in [0.25, 0.3) is 10.8 Å². The lowest BCUT2D eigenvalue weighted by Crippen LogP contribution is -2.36. The van der Waals surface area contributed by atoms with Gasteiger partial charge in [-0.1, -0.05) is 37.6 Å². The van der Waals surface area contributed by atoms with Crippen LogP contribution >= 0.6 is 11.6 Å². The Morgan fingerprint density at radius 2 is 1.96 bits per heavy atom. The number of carbonyl (C=O) groups excluding carboxylic acids is 1. The van der Waals surface area contributed by atoms with Gasteiger partial charge in [-0.3, -0.25) is 4.90 Å². The minimum absolute atomic E-state index is 0.0729. The number of fused-ring (bicyclic) bond motifs is 3. The fraction of sp³-hybridized carbons (Fsp3) is 0.500. The standard InChI is InChI=1S/C22H28ClNO3/c1-5-6-11-26-19-12-18-20(17-10-8-7-9-16(17)19)15(13-23)14-24(18)21(25)27-22(2,3)4/h7-10,12,15H,5-6,11,13-14H2,1-4H3. The first-order valence-electron chi connectivity index (χ1n) is 9.60. The molecule has 0 N–H and O–H groups in total. The molecule has 1 unspecified atom stereocenters. The summed E-state index contributed by atoms with van der Waals surface area (Å²) >= 11 is 6.27. The molecule has 0 aliphatic carbocycles. The maximum absolute atomic E-state index is 12.8. The second kappa shape index (κ2) is 7.97. The van der Waals surface area contributed by atoms with E-state index in [0.29, 0.717) is 19.0 Å². The van der Waals surface area contributed by atoms with Crippen LogP contribution in [0.5, 0.6) is 5.75 Å². The first-order valence-corrected chi connectivity index (χ1v) is 10.1. The monoisotopic (exact) mass is 389 g/mol. The largest absolute Gasteiger partial charge is 0.493 e. The van der Waals surface area contributed by atoms with Gasteiger partial charge >= 0.3 is 6.09 Å². The van der Waals surface area contributed by atoms with Crippen molar-refractivity contribution in [1.82, 2.24) is 0 Å². The summed E-state index contributed by atoms with van der Waals surface area (Å²) in [6.45, 7) is 8.95. The van der Waals surface area contributed by atoms with Crippen molar-refractivity contribution in [2.45, 2.75) is 52.1 Å². The molecule has 0 radical (unpaired) electrons. The number of carbonyl (C=O) groups is 1. The molecule has 1 atom stereocenters. The van der Waals surface area contributed by atoms with Gasteiger partial charge in [0.05, 0.1) is 12.3 Å². The first-order chi connectivity index (χ1) is 12.9. The molecule has 4 nitrogen and oxygen atoms in total. The van der Waals surface area contributed by atoms with E-state index in [-0.39, 0.29) is 12.0 Å². The quantitative estimate of drug-likeness (QED) is 0.458. The van der Waals surface area contributed by atoms with Crippen molar-refractivity contribution in [2.75, 3.05) is 23.9 Å². The fourth-order valence-corrected chi connectivity index (χ4v) is 3.73. The summed E-state index contributed by atoms with van der Waals surface area (Å²) in [5.74, 6) is 1.33. The van der Waals surface area contributed by atoms with Crippen molar-refractivity contribution in [3.8, 4) is 5.75 Å². The van der Waals surface area contributed by atoms with E-state index in [1.54, 1.807) is 4.90 Å². The van der Waals surface area contributed by atoms with Crippen molar-refractivity contribution in [3.63, 3.8) is 0 Å². The van der Waals surface area contributed by atoms with E-state index in [2.05, 4.69) is 19.1 Å². The highest BCUT2D eigenvalue weighted by Gasteiger charge is 2.36. The van der Waals surface area contributed by atoms with E-state index < -0.39 is 5.60 Å². The predicted octanol–water partition coefficient (Wildman–Crippen LogP) is 6.10. The molecule has 1 aliphatic rings. The zero-order valence-electron chi connectivity index (χ0n) is 16.5. The molecule has 27 heavy (non-hydrogen) atoms. The summed E-state index contributed by atoms with van der Waals surface area (Å²) in [6.07, 6.45) is 1.72. The summed E-state index contributed by atoms with van der Waals surface area (Å²) in [5.41, 5.74) is 1.41. The average molecular weight is 390 g/mol. The van der Waals surface area contributed by atoms with Crippen molar-refractivity contribution in [2.24, 2.45) is 0 Å². The Morgan fingerprint density at radius 1 is 1.26 bits per heavy atom. The van der Waals surface area contributed by atoms with Gasteiger partial charge in [-0.25, -0.2) is 4.79 Å². The number of ether oxygens (including phenoxy) is 2. The topological polar surface area (TPSA) is 38.8 Å². The molecule has 0 aromatic heterocycles. The fourth-order valence-electron chi connectivity index (χ4n) is 3.47. The summed E-state index contributed by atoms with van der Waals surface area (Å²) in [4.78, 5) is 14.5. The van der Waals surface area contributed by atoms with Crippen LogP contribution < -0.4 is 9.64 Å². The van der Waals surface area contributed by atoms with Crippen LogP contribution in [-0.4, -0.2) is 30.7 Å². The molecule has 0 fully saturated rings. The van der Waals surface area contributed by atoms with Crippen LogP contribution in [0.4, 0.5) is 10.5 Å². The second-order valence-corrected chi connectivity index (χ2v) is 8.31. The Kier molecular flexibility index (Phi) is 5.85. The lowest BCUT2D eigenvalue weighted by atomic mass is 9.95. The number of anilines is 1. The van der Waals surface area contributed by atoms with E-state index in [0.717, 1.165) is 40.6 Å². The van der Waals surface area contributed by atoms with E-state index in [4.69, 9.17) is 21.1 Å². The SMILES string of the molecule is CCCCOc1cc2c(c3ccccc13)C(CCl)CN2C(=O)OC(C)(C)C. The summed E-state index contributed by atoms with van der Waals surface area (Å²) in [7, 11) is 0. The Bertz CT molecular complexity index is 828. The van der Waals surface area contributed by atoms with Crippen LogP contribution in [-0.2, 0) is 4.74 Å². The molecular weight excluding hydrogens is 362 g/mol. The van der Waals surface area contributed by atoms with Gasteiger partial charge in [-0.2, -0.15) is 0 Å². The number of nitrogens with zero attached hydrogens (tertiary/aromatic N) is 1. The van der Waals surface area contributed by atoms with Gasteiger partial charge < -0.3 is 9.47 Å². The molecule has 2 aromatic rings. The number of hydrogen-bond acceptors (Lipinski definition) is 3. The van der Waals surface area contributed by atoms with Crippen molar-refractivity contribution < 1.29 is 14.3 Å². The maximum atomic E-state index is 12.8. The van der Waals surface area contributed by atoms with E-state index >= 15 is 0 Å². The van der Waals surface area contributed by atoms with Gasteiger partial charge in [0, 0.05) is 29.8 Å².